The molecule has 0 fully saturated rings. The van der Waals surface area contributed by atoms with Gasteiger partial charge in [0.1, 0.15) is 6.10 Å². The Hall–Kier alpha value is -1.62. The Morgan fingerprint density at radius 2 is 2.00 bits per heavy atom. The summed E-state index contributed by atoms with van der Waals surface area (Å²) >= 11 is 11.9. The first-order valence-electron chi connectivity index (χ1n) is 6.78. The molecular weight excluding hydrogens is 323 g/mol. The number of aromatic nitrogens is 1. The van der Waals surface area contributed by atoms with E-state index < -0.39 is 6.10 Å². The summed E-state index contributed by atoms with van der Waals surface area (Å²) in [6.07, 6.45) is 0.589. The number of aliphatic hydroxyl groups excluding tert-OH is 1. The van der Waals surface area contributed by atoms with Gasteiger partial charge in [-0.2, -0.15) is 0 Å². The van der Waals surface area contributed by atoms with Gasteiger partial charge in [-0.25, -0.2) is 0 Å². The molecule has 1 heterocycles. The first-order valence-corrected chi connectivity index (χ1v) is 7.53. The van der Waals surface area contributed by atoms with E-state index in [1.54, 1.807) is 24.4 Å². The van der Waals surface area contributed by atoms with Crippen LogP contribution >= 0.6 is 23.2 Å². The minimum atomic E-state index is -1.08. The lowest BCUT2D eigenvalue weighted by molar-refractivity contribution is -0.140. The van der Waals surface area contributed by atoms with Gasteiger partial charge >= 0.3 is 0 Å². The van der Waals surface area contributed by atoms with Gasteiger partial charge in [-0.05, 0) is 36.8 Å². The van der Waals surface area contributed by atoms with Crippen molar-refractivity contribution in [3.63, 3.8) is 0 Å². The van der Waals surface area contributed by atoms with Crippen molar-refractivity contribution in [2.45, 2.75) is 26.1 Å². The molecule has 0 radical (unpaired) electrons. The number of carbonyl (C=O) groups is 1. The molecule has 116 valence electrons. The van der Waals surface area contributed by atoms with Crippen molar-refractivity contribution in [2.75, 3.05) is 0 Å². The van der Waals surface area contributed by atoms with Gasteiger partial charge in [-0.3, -0.25) is 9.78 Å². The lowest BCUT2D eigenvalue weighted by Crippen LogP contribution is -2.37. The van der Waals surface area contributed by atoms with E-state index in [1.165, 1.54) is 11.8 Å². The van der Waals surface area contributed by atoms with Gasteiger partial charge in [-0.1, -0.05) is 35.3 Å². The van der Waals surface area contributed by atoms with Gasteiger partial charge in [0.15, 0.2) is 0 Å². The number of nitrogens with zero attached hydrogens (tertiary/aromatic N) is 2. The first kappa shape index (κ1) is 16.7. The summed E-state index contributed by atoms with van der Waals surface area (Å²) in [7, 11) is 0. The third-order valence-corrected chi connectivity index (χ3v) is 3.84. The van der Waals surface area contributed by atoms with E-state index in [1.807, 2.05) is 18.2 Å². The molecule has 0 aliphatic rings. The Labute approximate surface area is 139 Å². The summed E-state index contributed by atoms with van der Waals surface area (Å²) in [5, 5.41) is 10.5. The van der Waals surface area contributed by atoms with E-state index in [4.69, 9.17) is 23.2 Å². The van der Waals surface area contributed by atoms with Crippen LogP contribution in [-0.2, 0) is 17.9 Å². The van der Waals surface area contributed by atoms with Gasteiger partial charge in [0.25, 0.3) is 5.91 Å². The maximum absolute atomic E-state index is 12.2. The molecule has 0 spiro atoms. The molecule has 0 aliphatic carbocycles. The minimum absolute atomic E-state index is 0.310. The van der Waals surface area contributed by atoms with Crippen molar-refractivity contribution in [1.29, 1.82) is 0 Å². The Bertz CT molecular complexity index is 648. The number of benzene rings is 1. The fourth-order valence-electron chi connectivity index (χ4n) is 2.02. The molecule has 2 rings (SSSR count). The molecule has 0 saturated carbocycles. The Balaban J connectivity index is 2.20. The molecule has 4 nitrogen and oxygen atoms in total. The molecule has 1 N–H and O–H groups in total. The molecular formula is C16H16Cl2N2O2. The summed E-state index contributed by atoms with van der Waals surface area (Å²) in [5.74, 6) is -0.364. The highest BCUT2D eigenvalue weighted by Crippen LogP contribution is 2.23. The molecule has 1 aromatic heterocycles. The van der Waals surface area contributed by atoms with Crippen LogP contribution in [0.1, 0.15) is 18.2 Å². The highest BCUT2D eigenvalue weighted by Gasteiger charge is 2.19. The monoisotopic (exact) mass is 338 g/mol. The smallest absolute Gasteiger partial charge is 0.251 e. The molecule has 1 unspecified atom stereocenters. The van der Waals surface area contributed by atoms with Crippen molar-refractivity contribution in [3.8, 4) is 0 Å². The third kappa shape index (κ3) is 4.44. The summed E-state index contributed by atoms with van der Waals surface area (Å²) in [6, 6.07) is 10.7. The van der Waals surface area contributed by atoms with Crippen LogP contribution in [0.15, 0.2) is 42.6 Å². The van der Waals surface area contributed by atoms with E-state index in [0.29, 0.717) is 23.1 Å². The molecule has 6 heteroatoms. The number of hydrogen-bond donors (Lipinski definition) is 1. The van der Waals surface area contributed by atoms with Gasteiger partial charge in [0, 0.05) is 12.7 Å². The van der Waals surface area contributed by atoms with Crippen LogP contribution in [0.2, 0.25) is 10.0 Å². The number of hydrogen-bond acceptors (Lipinski definition) is 3. The van der Waals surface area contributed by atoms with Crippen LogP contribution in [0.3, 0.4) is 0 Å². The van der Waals surface area contributed by atoms with Crippen LogP contribution in [0.5, 0.6) is 0 Å². The van der Waals surface area contributed by atoms with Crippen molar-refractivity contribution in [2.24, 2.45) is 0 Å². The number of aliphatic hydroxyl groups is 1. The molecule has 0 aliphatic heterocycles. The fourth-order valence-corrected chi connectivity index (χ4v) is 2.34. The fraction of sp³-hybridized carbons (Fsp3) is 0.250. The third-order valence-electron chi connectivity index (χ3n) is 3.11. The molecule has 0 bridgehead atoms. The number of carbonyl (C=O) groups excluding carboxylic acids is 1. The van der Waals surface area contributed by atoms with Crippen molar-refractivity contribution < 1.29 is 9.90 Å². The summed E-state index contributed by atoms with van der Waals surface area (Å²) in [5.41, 5.74) is 1.58. The second kappa shape index (κ2) is 7.58. The SMILES string of the molecule is CC(O)C(=O)N(Cc1ccc(Cl)c(Cl)c1)Cc1ccccn1. The van der Waals surface area contributed by atoms with Crippen LogP contribution in [0.4, 0.5) is 0 Å². The highest BCUT2D eigenvalue weighted by atomic mass is 35.5. The van der Waals surface area contributed by atoms with Gasteiger partial charge < -0.3 is 10.0 Å². The van der Waals surface area contributed by atoms with E-state index >= 15 is 0 Å². The van der Waals surface area contributed by atoms with Crippen LogP contribution in [0.25, 0.3) is 0 Å². The zero-order chi connectivity index (χ0) is 16.1. The number of amides is 1. The standard InChI is InChI=1S/C16H16Cl2N2O2/c1-11(21)16(22)20(10-13-4-2-3-7-19-13)9-12-5-6-14(17)15(18)8-12/h2-8,11,21H,9-10H2,1H3. The van der Waals surface area contributed by atoms with Crippen LogP contribution in [0, 0.1) is 0 Å². The van der Waals surface area contributed by atoms with Crippen molar-refractivity contribution >= 4 is 29.1 Å². The van der Waals surface area contributed by atoms with Gasteiger partial charge in [0.05, 0.1) is 22.3 Å². The van der Waals surface area contributed by atoms with E-state index in [0.717, 1.165) is 11.3 Å². The molecule has 1 aromatic carbocycles. The second-order valence-electron chi connectivity index (χ2n) is 4.94. The summed E-state index contributed by atoms with van der Waals surface area (Å²) in [4.78, 5) is 17.9. The second-order valence-corrected chi connectivity index (χ2v) is 5.75. The molecule has 22 heavy (non-hydrogen) atoms. The molecule has 2 aromatic rings. The van der Waals surface area contributed by atoms with Gasteiger partial charge in [0.2, 0.25) is 0 Å². The Kier molecular flexibility index (Phi) is 5.77. The average Bonchev–Trinajstić information content (AvgIpc) is 2.50. The normalized spacial score (nSPS) is 12.0. The predicted molar refractivity (Wildman–Crippen MR) is 86.6 cm³/mol. The van der Waals surface area contributed by atoms with Crippen LogP contribution < -0.4 is 0 Å². The van der Waals surface area contributed by atoms with E-state index in [2.05, 4.69) is 4.98 Å². The van der Waals surface area contributed by atoms with Crippen molar-refractivity contribution in [3.05, 3.63) is 63.9 Å². The zero-order valence-electron chi connectivity index (χ0n) is 12.0. The lowest BCUT2D eigenvalue weighted by Gasteiger charge is -2.24. The van der Waals surface area contributed by atoms with E-state index in [-0.39, 0.29) is 5.91 Å². The Morgan fingerprint density at radius 1 is 1.23 bits per heavy atom. The maximum atomic E-state index is 12.2. The number of pyridine rings is 1. The highest BCUT2D eigenvalue weighted by molar-refractivity contribution is 6.42. The topological polar surface area (TPSA) is 53.4 Å². The largest absolute Gasteiger partial charge is 0.384 e. The first-order chi connectivity index (χ1) is 10.5. The van der Waals surface area contributed by atoms with Gasteiger partial charge in [-0.15, -0.1) is 0 Å². The van der Waals surface area contributed by atoms with Crippen LogP contribution in [-0.4, -0.2) is 27.0 Å². The number of halogens is 2. The molecule has 1 atom stereocenters. The lowest BCUT2D eigenvalue weighted by atomic mass is 10.2. The minimum Gasteiger partial charge on any atom is -0.384 e. The predicted octanol–water partition coefficient (Wildman–Crippen LogP) is 3.30. The summed E-state index contributed by atoms with van der Waals surface area (Å²) in [6.45, 7) is 2.07. The summed E-state index contributed by atoms with van der Waals surface area (Å²) < 4.78 is 0. The zero-order valence-corrected chi connectivity index (χ0v) is 13.6. The Morgan fingerprint density at radius 3 is 2.59 bits per heavy atom. The molecule has 1 amide bonds. The van der Waals surface area contributed by atoms with Crippen molar-refractivity contribution in [1.82, 2.24) is 9.88 Å². The number of rotatable bonds is 5. The molecule has 0 saturated heterocycles. The quantitative estimate of drug-likeness (QED) is 0.909. The van der Waals surface area contributed by atoms with E-state index in [9.17, 15) is 9.90 Å². The average molecular weight is 339 g/mol. The maximum Gasteiger partial charge on any atom is 0.251 e.